The van der Waals surface area contributed by atoms with Crippen LogP contribution < -0.4 is 5.32 Å². The molecule has 0 aromatic rings. The lowest BCUT2D eigenvalue weighted by molar-refractivity contribution is 0.201. The molecule has 0 amide bonds. The molecular weight excluding hydrogens is 224 g/mol. The quantitative estimate of drug-likeness (QED) is 0.784. The molecule has 0 aromatic heterocycles. The molecule has 2 aliphatic rings. The number of nitrogens with zero attached hydrogens (tertiary/aromatic N) is 1. The highest BCUT2D eigenvalue weighted by Gasteiger charge is 2.31. The normalized spacial score (nSPS) is 30.4. The van der Waals surface area contributed by atoms with E-state index in [0.717, 1.165) is 6.54 Å². The zero-order valence-electron chi connectivity index (χ0n) is 9.98. The van der Waals surface area contributed by atoms with Crippen LogP contribution in [0, 0.1) is 5.92 Å². The summed E-state index contributed by atoms with van der Waals surface area (Å²) in [5.41, 5.74) is 0. The molecule has 5 heteroatoms. The molecule has 1 N–H and O–H groups in total. The van der Waals surface area contributed by atoms with E-state index >= 15 is 0 Å². The summed E-state index contributed by atoms with van der Waals surface area (Å²) in [5.74, 6) is 0.679. The van der Waals surface area contributed by atoms with Gasteiger partial charge in [0.15, 0.2) is 0 Å². The van der Waals surface area contributed by atoms with Crippen molar-refractivity contribution in [1.29, 1.82) is 0 Å². The highest BCUT2D eigenvalue weighted by atomic mass is 32.2. The third kappa shape index (κ3) is 2.96. The Morgan fingerprint density at radius 1 is 1.19 bits per heavy atom. The van der Waals surface area contributed by atoms with Crippen LogP contribution in [0.5, 0.6) is 0 Å². The van der Waals surface area contributed by atoms with Gasteiger partial charge in [0.1, 0.15) is 0 Å². The molecule has 2 rings (SSSR count). The molecule has 1 saturated heterocycles. The first kappa shape index (κ1) is 12.3. The molecule has 0 radical (unpaired) electrons. The maximum absolute atomic E-state index is 11.5. The van der Waals surface area contributed by atoms with E-state index in [2.05, 4.69) is 5.32 Å². The van der Waals surface area contributed by atoms with Crippen LogP contribution in [0.4, 0.5) is 0 Å². The number of hydrogen-bond acceptors (Lipinski definition) is 3. The highest BCUT2D eigenvalue weighted by Crippen LogP contribution is 2.27. The van der Waals surface area contributed by atoms with Crippen LogP contribution in [0.1, 0.15) is 32.1 Å². The van der Waals surface area contributed by atoms with Crippen LogP contribution in [0.15, 0.2) is 0 Å². The lowest BCUT2D eigenvalue weighted by Crippen LogP contribution is -2.55. The van der Waals surface area contributed by atoms with E-state index in [1.807, 2.05) is 0 Å². The van der Waals surface area contributed by atoms with E-state index in [9.17, 15) is 8.42 Å². The van der Waals surface area contributed by atoms with Gasteiger partial charge >= 0.3 is 0 Å². The van der Waals surface area contributed by atoms with Crippen LogP contribution in [-0.2, 0) is 10.0 Å². The Hall–Kier alpha value is -0.130. The predicted octanol–water partition coefficient (Wildman–Crippen LogP) is 0.800. The van der Waals surface area contributed by atoms with E-state index in [4.69, 9.17) is 0 Å². The predicted molar refractivity (Wildman–Crippen MR) is 64.8 cm³/mol. The van der Waals surface area contributed by atoms with Crippen molar-refractivity contribution >= 4 is 10.0 Å². The lowest BCUT2D eigenvalue weighted by atomic mass is 9.83. The lowest BCUT2D eigenvalue weighted by Gasteiger charge is -2.38. The minimum Gasteiger partial charge on any atom is -0.311 e. The minimum absolute atomic E-state index is 0.378. The Bertz CT molecular complexity index is 323. The Labute approximate surface area is 98.4 Å². The summed E-state index contributed by atoms with van der Waals surface area (Å²) in [4.78, 5) is 0. The van der Waals surface area contributed by atoms with Crippen molar-refractivity contribution in [2.45, 2.75) is 38.1 Å². The summed E-state index contributed by atoms with van der Waals surface area (Å²) >= 11 is 0. The van der Waals surface area contributed by atoms with E-state index < -0.39 is 10.0 Å². The summed E-state index contributed by atoms with van der Waals surface area (Å²) in [6, 6.07) is 0.378. The fourth-order valence-electron chi connectivity index (χ4n) is 2.90. The molecule has 0 spiro atoms. The Morgan fingerprint density at radius 2 is 1.88 bits per heavy atom. The fraction of sp³-hybridized carbons (Fsp3) is 1.00. The zero-order valence-corrected chi connectivity index (χ0v) is 10.8. The van der Waals surface area contributed by atoms with E-state index in [0.29, 0.717) is 25.0 Å². The average Bonchev–Trinajstić information content (AvgIpc) is 2.29. The van der Waals surface area contributed by atoms with Crippen molar-refractivity contribution in [2.24, 2.45) is 5.92 Å². The first-order valence-electron chi connectivity index (χ1n) is 6.26. The molecule has 1 aliphatic carbocycles. The van der Waals surface area contributed by atoms with Crippen LogP contribution in [-0.4, -0.2) is 44.7 Å². The first-order valence-corrected chi connectivity index (χ1v) is 8.11. The summed E-state index contributed by atoms with van der Waals surface area (Å²) in [6.07, 6.45) is 7.79. The van der Waals surface area contributed by atoms with Crippen molar-refractivity contribution < 1.29 is 8.42 Å². The van der Waals surface area contributed by atoms with Gasteiger partial charge in [-0.3, -0.25) is 0 Å². The molecule has 1 unspecified atom stereocenters. The molecule has 4 nitrogen and oxygen atoms in total. The number of sulfonamides is 1. The molecule has 1 saturated carbocycles. The minimum atomic E-state index is -3.00. The van der Waals surface area contributed by atoms with Crippen molar-refractivity contribution in [3.05, 3.63) is 0 Å². The molecule has 16 heavy (non-hydrogen) atoms. The van der Waals surface area contributed by atoms with Crippen molar-refractivity contribution in [3.8, 4) is 0 Å². The summed E-state index contributed by atoms with van der Waals surface area (Å²) in [7, 11) is -3.00. The summed E-state index contributed by atoms with van der Waals surface area (Å²) in [5, 5.41) is 3.48. The third-order valence-corrected chi connectivity index (χ3v) is 5.13. The van der Waals surface area contributed by atoms with Gasteiger partial charge in [-0.25, -0.2) is 8.42 Å². The van der Waals surface area contributed by atoms with Gasteiger partial charge in [-0.15, -0.1) is 0 Å². The van der Waals surface area contributed by atoms with Crippen LogP contribution >= 0.6 is 0 Å². The molecular formula is C11H22N2O2S. The second-order valence-corrected chi connectivity index (χ2v) is 7.06. The third-order valence-electron chi connectivity index (χ3n) is 3.86. The van der Waals surface area contributed by atoms with Gasteiger partial charge in [-0.1, -0.05) is 19.3 Å². The number of rotatable bonds is 2. The standard InChI is InChI=1S/C11H22N2O2S/c1-16(14,15)13-8-7-12-11(9-13)10-5-3-2-4-6-10/h10-12H,2-9H2,1H3. The van der Waals surface area contributed by atoms with Crippen LogP contribution in [0.3, 0.4) is 0 Å². The fourth-order valence-corrected chi connectivity index (χ4v) is 3.76. The molecule has 0 bridgehead atoms. The maximum Gasteiger partial charge on any atom is 0.211 e. The van der Waals surface area contributed by atoms with Gasteiger partial charge < -0.3 is 5.32 Å². The van der Waals surface area contributed by atoms with Crippen molar-refractivity contribution in [2.75, 3.05) is 25.9 Å². The van der Waals surface area contributed by atoms with Gasteiger partial charge in [-0.2, -0.15) is 4.31 Å². The molecule has 0 aromatic carbocycles. The smallest absolute Gasteiger partial charge is 0.211 e. The van der Waals surface area contributed by atoms with Crippen LogP contribution in [0.2, 0.25) is 0 Å². The van der Waals surface area contributed by atoms with Crippen molar-refractivity contribution in [3.63, 3.8) is 0 Å². The van der Waals surface area contributed by atoms with E-state index in [-0.39, 0.29) is 0 Å². The van der Waals surface area contributed by atoms with E-state index in [1.54, 1.807) is 4.31 Å². The summed E-state index contributed by atoms with van der Waals surface area (Å²) in [6.45, 7) is 2.10. The average molecular weight is 246 g/mol. The Balaban J connectivity index is 1.95. The van der Waals surface area contributed by atoms with Gasteiger partial charge in [0, 0.05) is 25.7 Å². The highest BCUT2D eigenvalue weighted by molar-refractivity contribution is 7.88. The second-order valence-electron chi connectivity index (χ2n) is 5.08. The first-order chi connectivity index (χ1) is 7.57. The van der Waals surface area contributed by atoms with Gasteiger partial charge in [0.25, 0.3) is 0 Å². The molecule has 1 aliphatic heterocycles. The number of hydrogen-bond donors (Lipinski definition) is 1. The van der Waals surface area contributed by atoms with Gasteiger partial charge in [0.2, 0.25) is 10.0 Å². The van der Waals surface area contributed by atoms with E-state index in [1.165, 1.54) is 38.4 Å². The maximum atomic E-state index is 11.5. The SMILES string of the molecule is CS(=O)(=O)N1CCNC(C2CCCCC2)C1. The summed E-state index contributed by atoms with van der Waals surface area (Å²) < 4.78 is 24.7. The monoisotopic (exact) mass is 246 g/mol. The van der Waals surface area contributed by atoms with Crippen molar-refractivity contribution in [1.82, 2.24) is 9.62 Å². The molecule has 2 fully saturated rings. The number of nitrogens with one attached hydrogen (secondary N) is 1. The number of piperazine rings is 1. The second kappa shape index (κ2) is 5.02. The Kier molecular flexibility index (Phi) is 3.87. The molecule has 1 heterocycles. The van der Waals surface area contributed by atoms with Crippen LogP contribution in [0.25, 0.3) is 0 Å². The molecule has 1 atom stereocenters. The molecule has 94 valence electrons. The largest absolute Gasteiger partial charge is 0.311 e. The zero-order chi connectivity index (χ0) is 11.6. The van der Waals surface area contributed by atoms with Gasteiger partial charge in [-0.05, 0) is 18.8 Å². The topological polar surface area (TPSA) is 49.4 Å². The van der Waals surface area contributed by atoms with Gasteiger partial charge in [0.05, 0.1) is 6.26 Å². The Morgan fingerprint density at radius 3 is 2.50 bits per heavy atom.